The third-order valence-corrected chi connectivity index (χ3v) is 5.26. The van der Waals surface area contributed by atoms with Crippen LogP contribution in [0.2, 0.25) is 0 Å². The predicted molar refractivity (Wildman–Crippen MR) is 86.8 cm³/mol. The Bertz CT molecular complexity index is 630. The smallest absolute Gasteiger partial charge is 0.405 e. The van der Waals surface area contributed by atoms with Crippen LogP contribution < -0.4 is 5.32 Å². The van der Waals surface area contributed by atoms with Crippen molar-refractivity contribution in [3.8, 4) is 0 Å². The normalized spacial score (nSPS) is 22.8. The molecule has 3 amide bonds. The van der Waals surface area contributed by atoms with Gasteiger partial charge in [0.05, 0.1) is 19.0 Å². The second kappa shape index (κ2) is 8.00. The summed E-state index contributed by atoms with van der Waals surface area (Å²) in [5, 5.41) is 10.9. The number of carbonyl (C=O) groups is 3. The molecule has 2 heterocycles. The summed E-state index contributed by atoms with van der Waals surface area (Å²) in [4.78, 5) is 38.9. The lowest BCUT2D eigenvalue weighted by atomic mass is 10.1. The number of morpholine rings is 1. The minimum absolute atomic E-state index is 0.0133. The van der Waals surface area contributed by atoms with Gasteiger partial charge in [0.2, 0.25) is 11.8 Å². The zero-order valence-electron chi connectivity index (χ0n) is 14.0. The largest absolute Gasteiger partial charge is 0.465 e. The lowest BCUT2D eigenvalue weighted by Crippen LogP contribution is -2.54. The number of amides is 3. The number of carboxylic acid groups (broad SMARTS) is 1. The molecule has 2 aliphatic rings. The van der Waals surface area contributed by atoms with Gasteiger partial charge in [-0.1, -0.05) is 0 Å². The van der Waals surface area contributed by atoms with E-state index in [0.717, 1.165) is 6.26 Å². The minimum atomic E-state index is -3.31. The fraction of sp³-hybridized carbons (Fsp3) is 0.786. The van der Waals surface area contributed by atoms with Crippen molar-refractivity contribution in [2.75, 3.05) is 44.9 Å². The van der Waals surface area contributed by atoms with Gasteiger partial charge in [-0.05, 0) is 12.8 Å². The number of hydrogen-bond acceptors (Lipinski definition) is 6. The third kappa shape index (κ3) is 5.30. The van der Waals surface area contributed by atoms with E-state index >= 15 is 0 Å². The first-order valence-corrected chi connectivity index (χ1v) is 10.1. The molecule has 0 saturated carbocycles. The third-order valence-electron chi connectivity index (χ3n) is 4.28. The molecule has 11 heteroatoms. The Balaban J connectivity index is 2.14. The Morgan fingerprint density at radius 2 is 1.96 bits per heavy atom. The van der Waals surface area contributed by atoms with E-state index in [1.807, 2.05) is 0 Å². The Kier molecular flexibility index (Phi) is 6.22. The van der Waals surface area contributed by atoms with Crippen molar-refractivity contribution < 1.29 is 32.6 Å². The summed E-state index contributed by atoms with van der Waals surface area (Å²) in [6, 6.07) is -1.82. The molecule has 0 aromatic heterocycles. The highest BCUT2D eigenvalue weighted by Gasteiger charge is 2.41. The van der Waals surface area contributed by atoms with Crippen LogP contribution in [-0.4, -0.2) is 98.2 Å². The second-order valence-electron chi connectivity index (χ2n) is 6.19. The van der Waals surface area contributed by atoms with Crippen molar-refractivity contribution in [2.45, 2.75) is 24.9 Å². The molecule has 0 spiro atoms. The number of nitrogens with zero attached hydrogens (tertiary/aromatic N) is 2. The second-order valence-corrected chi connectivity index (χ2v) is 8.45. The van der Waals surface area contributed by atoms with Crippen LogP contribution in [0.5, 0.6) is 0 Å². The van der Waals surface area contributed by atoms with Crippen LogP contribution in [0, 0.1) is 0 Å². The first-order valence-electron chi connectivity index (χ1n) is 8.03. The summed E-state index contributed by atoms with van der Waals surface area (Å²) in [7, 11) is -3.31. The van der Waals surface area contributed by atoms with Crippen LogP contribution in [0.1, 0.15) is 12.8 Å². The van der Waals surface area contributed by atoms with Gasteiger partial charge in [0.15, 0.2) is 0 Å². The molecule has 0 radical (unpaired) electrons. The van der Waals surface area contributed by atoms with Gasteiger partial charge in [-0.2, -0.15) is 0 Å². The fourth-order valence-electron chi connectivity index (χ4n) is 3.03. The summed E-state index contributed by atoms with van der Waals surface area (Å²) >= 11 is 0. The summed E-state index contributed by atoms with van der Waals surface area (Å²) in [6.07, 6.45) is -0.00574. The molecule has 2 saturated heterocycles. The highest BCUT2D eigenvalue weighted by atomic mass is 32.2. The highest BCUT2D eigenvalue weighted by molar-refractivity contribution is 7.90. The number of hydrogen-bond donors (Lipinski definition) is 2. The van der Waals surface area contributed by atoms with Crippen LogP contribution in [-0.2, 0) is 24.2 Å². The van der Waals surface area contributed by atoms with Gasteiger partial charge < -0.3 is 25.0 Å². The number of carbonyl (C=O) groups excluding carboxylic acids is 2. The summed E-state index contributed by atoms with van der Waals surface area (Å²) < 4.78 is 28.2. The van der Waals surface area contributed by atoms with E-state index < -0.39 is 33.9 Å². The van der Waals surface area contributed by atoms with E-state index in [4.69, 9.17) is 9.84 Å². The number of ether oxygens (including phenoxy) is 1. The molecule has 2 atom stereocenters. The Hall–Kier alpha value is -1.88. The molecular weight excluding hydrogens is 354 g/mol. The van der Waals surface area contributed by atoms with Gasteiger partial charge in [-0.25, -0.2) is 13.2 Å². The summed E-state index contributed by atoms with van der Waals surface area (Å²) in [6.45, 7) is 1.75. The van der Waals surface area contributed by atoms with Crippen molar-refractivity contribution in [1.82, 2.24) is 15.1 Å². The standard InChI is InChI=1S/C14H23N3O7S/c1-25(22,23)9-3-11(13(19)16-5-7-24-8-6-16)17-4-2-10(12(17)18)15-14(20)21/h10-11,15H,2-9H2,1H3,(H,20,21)/t10-,11-/m0/s1. The van der Waals surface area contributed by atoms with Gasteiger partial charge in [0.1, 0.15) is 21.9 Å². The molecule has 0 aromatic carbocycles. The average molecular weight is 377 g/mol. The van der Waals surface area contributed by atoms with Gasteiger partial charge in [0.25, 0.3) is 0 Å². The zero-order valence-corrected chi connectivity index (χ0v) is 14.8. The maximum atomic E-state index is 12.8. The Labute approximate surface area is 146 Å². The van der Waals surface area contributed by atoms with E-state index in [2.05, 4.69) is 5.32 Å². The van der Waals surface area contributed by atoms with Crippen LogP contribution in [0.4, 0.5) is 4.79 Å². The van der Waals surface area contributed by atoms with E-state index in [1.165, 1.54) is 4.90 Å². The topological polar surface area (TPSA) is 133 Å². The number of rotatable bonds is 6. The van der Waals surface area contributed by atoms with Crippen LogP contribution in [0.25, 0.3) is 0 Å². The highest BCUT2D eigenvalue weighted by Crippen LogP contribution is 2.20. The monoisotopic (exact) mass is 377 g/mol. The van der Waals surface area contributed by atoms with E-state index in [-0.39, 0.29) is 31.0 Å². The molecule has 0 bridgehead atoms. The van der Waals surface area contributed by atoms with Gasteiger partial charge in [-0.15, -0.1) is 0 Å². The van der Waals surface area contributed by atoms with E-state index in [0.29, 0.717) is 26.3 Å². The molecule has 10 nitrogen and oxygen atoms in total. The molecule has 0 aromatic rings. The predicted octanol–water partition coefficient (Wildman–Crippen LogP) is -1.48. The van der Waals surface area contributed by atoms with Crippen molar-refractivity contribution in [1.29, 1.82) is 0 Å². The number of nitrogens with one attached hydrogen (secondary N) is 1. The van der Waals surface area contributed by atoms with Crippen molar-refractivity contribution in [2.24, 2.45) is 0 Å². The Morgan fingerprint density at radius 1 is 1.32 bits per heavy atom. The molecule has 0 aliphatic carbocycles. The van der Waals surface area contributed by atoms with Crippen LogP contribution in [0.3, 0.4) is 0 Å². The maximum Gasteiger partial charge on any atom is 0.405 e. The van der Waals surface area contributed by atoms with Gasteiger partial charge in [0, 0.05) is 25.9 Å². The summed E-state index contributed by atoms with van der Waals surface area (Å²) in [5.41, 5.74) is 0. The molecule has 142 valence electrons. The molecule has 2 aliphatic heterocycles. The first-order chi connectivity index (χ1) is 11.7. The van der Waals surface area contributed by atoms with Crippen molar-refractivity contribution in [3.05, 3.63) is 0 Å². The van der Waals surface area contributed by atoms with Gasteiger partial charge in [-0.3, -0.25) is 9.59 Å². The number of likely N-dealkylation sites (tertiary alicyclic amines) is 1. The summed E-state index contributed by atoms with van der Waals surface area (Å²) in [5.74, 6) is -1.05. The minimum Gasteiger partial charge on any atom is -0.465 e. The Morgan fingerprint density at radius 3 is 2.52 bits per heavy atom. The average Bonchev–Trinajstić information content (AvgIpc) is 2.88. The quantitative estimate of drug-likeness (QED) is 0.576. The fourth-order valence-corrected chi connectivity index (χ4v) is 3.68. The van der Waals surface area contributed by atoms with E-state index in [1.54, 1.807) is 4.90 Å². The molecule has 0 unspecified atom stereocenters. The lowest BCUT2D eigenvalue weighted by Gasteiger charge is -2.34. The van der Waals surface area contributed by atoms with Crippen molar-refractivity contribution >= 4 is 27.7 Å². The maximum absolute atomic E-state index is 12.8. The van der Waals surface area contributed by atoms with Crippen LogP contribution in [0.15, 0.2) is 0 Å². The molecule has 2 fully saturated rings. The van der Waals surface area contributed by atoms with Crippen molar-refractivity contribution in [3.63, 3.8) is 0 Å². The lowest BCUT2D eigenvalue weighted by molar-refractivity contribution is -0.146. The molecular formula is C14H23N3O7S. The van der Waals surface area contributed by atoms with Crippen LogP contribution >= 0.6 is 0 Å². The SMILES string of the molecule is CS(=O)(=O)CC[C@@H](C(=O)N1CCOCC1)N1CC[C@H](NC(=O)O)C1=O. The zero-order chi connectivity index (χ0) is 18.6. The molecule has 25 heavy (non-hydrogen) atoms. The van der Waals surface area contributed by atoms with Gasteiger partial charge >= 0.3 is 6.09 Å². The van der Waals surface area contributed by atoms with E-state index in [9.17, 15) is 22.8 Å². The first kappa shape index (κ1) is 19.4. The molecule has 2 rings (SSSR count). The number of sulfone groups is 1. The molecule has 2 N–H and O–H groups in total.